The molecule has 144 valence electrons. The highest BCUT2D eigenvalue weighted by atomic mass is 19.1. The van der Waals surface area contributed by atoms with Gasteiger partial charge in [-0.3, -0.25) is 4.79 Å². The van der Waals surface area contributed by atoms with Gasteiger partial charge in [0.25, 0.3) is 0 Å². The summed E-state index contributed by atoms with van der Waals surface area (Å²) in [5, 5.41) is 11.1. The van der Waals surface area contributed by atoms with Crippen LogP contribution in [0.3, 0.4) is 0 Å². The molecule has 0 saturated carbocycles. The molecule has 28 heavy (non-hydrogen) atoms. The van der Waals surface area contributed by atoms with Crippen molar-refractivity contribution in [1.82, 2.24) is 20.4 Å². The van der Waals surface area contributed by atoms with Crippen molar-refractivity contribution in [3.63, 3.8) is 0 Å². The van der Waals surface area contributed by atoms with Crippen LogP contribution in [0.2, 0.25) is 0 Å². The van der Waals surface area contributed by atoms with Crippen LogP contribution in [0.4, 0.5) is 4.39 Å². The fourth-order valence-electron chi connectivity index (χ4n) is 3.47. The Morgan fingerprint density at radius 2 is 1.89 bits per heavy atom. The van der Waals surface area contributed by atoms with Crippen LogP contribution in [0.15, 0.2) is 60.8 Å². The molecule has 0 aliphatic carbocycles. The molecule has 6 heteroatoms. The second-order valence-electron chi connectivity index (χ2n) is 7.01. The summed E-state index contributed by atoms with van der Waals surface area (Å²) < 4.78 is 15.2. The summed E-state index contributed by atoms with van der Waals surface area (Å²) in [6.45, 7) is 1.25. The summed E-state index contributed by atoms with van der Waals surface area (Å²) in [6.07, 6.45) is 4.82. The van der Waals surface area contributed by atoms with Crippen molar-refractivity contribution in [3.8, 4) is 16.9 Å². The molecule has 1 amide bonds. The number of halogens is 1. The zero-order chi connectivity index (χ0) is 19.3. The summed E-state index contributed by atoms with van der Waals surface area (Å²) in [4.78, 5) is 12.2. The number of carbonyl (C=O) groups is 1. The van der Waals surface area contributed by atoms with E-state index in [1.165, 1.54) is 12.1 Å². The predicted octanol–water partition coefficient (Wildman–Crippen LogP) is 3.44. The summed E-state index contributed by atoms with van der Waals surface area (Å²) in [6, 6.07) is 16.0. The Labute approximate surface area is 163 Å². The number of hydrogen-bond donors (Lipinski definition) is 2. The zero-order valence-electron chi connectivity index (χ0n) is 15.6. The average Bonchev–Trinajstić information content (AvgIpc) is 3.04. The number of hydrogen-bond acceptors (Lipinski definition) is 3. The third kappa shape index (κ3) is 4.12. The molecule has 0 radical (unpaired) electrons. The van der Waals surface area contributed by atoms with Crippen molar-refractivity contribution in [2.45, 2.75) is 31.8 Å². The predicted molar refractivity (Wildman–Crippen MR) is 106 cm³/mol. The van der Waals surface area contributed by atoms with Gasteiger partial charge in [-0.25, -0.2) is 9.07 Å². The van der Waals surface area contributed by atoms with Crippen molar-refractivity contribution in [1.29, 1.82) is 0 Å². The van der Waals surface area contributed by atoms with Crippen molar-refractivity contribution < 1.29 is 9.18 Å². The van der Waals surface area contributed by atoms with E-state index in [9.17, 15) is 9.18 Å². The SMILES string of the molecule is O=C1NCCCCC1NCc1cn(-c2ccccc2)nc1-c1ccc(F)cc1. The molecule has 1 aromatic heterocycles. The summed E-state index contributed by atoms with van der Waals surface area (Å²) in [7, 11) is 0. The van der Waals surface area contributed by atoms with E-state index in [2.05, 4.69) is 10.6 Å². The van der Waals surface area contributed by atoms with Gasteiger partial charge in [-0.2, -0.15) is 5.10 Å². The highest BCUT2D eigenvalue weighted by Crippen LogP contribution is 2.24. The fourth-order valence-corrected chi connectivity index (χ4v) is 3.47. The number of nitrogens with zero attached hydrogens (tertiary/aromatic N) is 2. The van der Waals surface area contributed by atoms with E-state index >= 15 is 0 Å². The molecule has 1 unspecified atom stereocenters. The van der Waals surface area contributed by atoms with Crippen LogP contribution < -0.4 is 10.6 Å². The Kier molecular flexibility index (Phi) is 5.48. The van der Waals surface area contributed by atoms with Crippen LogP contribution >= 0.6 is 0 Å². The Balaban J connectivity index is 1.63. The van der Waals surface area contributed by atoms with Gasteiger partial charge in [0.1, 0.15) is 5.82 Å². The van der Waals surface area contributed by atoms with Crippen molar-refractivity contribution in [2.24, 2.45) is 0 Å². The first-order valence-electron chi connectivity index (χ1n) is 9.62. The second-order valence-corrected chi connectivity index (χ2v) is 7.01. The molecule has 0 bridgehead atoms. The number of benzene rings is 2. The molecule has 1 saturated heterocycles. The molecular weight excluding hydrogens is 355 g/mol. The van der Waals surface area contributed by atoms with Gasteiger partial charge in [0.05, 0.1) is 17.4 Å². The van der Waals surface area contributed by atoms with E-state index in [4.69, 9.17) is 5.10 Å². The zero-order valence-corrected chi connectivity index (χ0v) is 15.6. The molecule has 1 aliphatic rings. The third-order valence-corrected chi connectivity index (χ3v) is 5.00. The molecule has 1 atom stereocenters. The van der Waals surface area contributed by atoms with Gasteiger partial charge >= 0.3 is 0 Å². The van der Waals surface area contributed by atoms with Gasteiger partial charge in [-0.1, -0.05) is 18.2 Å². The van der Waals surface area contributed by atoms with Gasteiger partial charge in [0, 0.05) is 30.4 Å². The third-order valence-electron chi connectivity index (χ3n) is 5.00. The molecule has 4 rings (SSSR count). The lowest BCUT2D eigenvalue weighted by Crippen LogP contribution is -2.42. The van der Waals surface area contributed by atoms with Gasteiger partial charge in [0.2, 0.25) is 5.91 Å². The summed E-state index contributed by atoms with van der Waals surface area (Å²) in [5.41, 5.74) is 3.54. The first-order chi connectivity index (χ1) is 13.7. The number of aromatic nitrogens is 2. The van der Waals surface area contributed by atoms with Crippen molar-refractivity contribution in [2.75, 3.05) is 6.54 Å². The number of rotatable bonds is 5. The van der Waals surface area contributed by atoms with E-state index in [0.717, 1.165) is 48.3 Å². The quantitative estimate of drug-likeness (QED) is 0.715. The second kappa shape index (κ2) is 8.35. The maximum absolute atomic E-state index is 13.4. The Hall–Kier alpha value is -2.99. The topological polar surface area (TPSA) is 59.0 Å². The van der Waals surface area contributed by atoms with E-state index in [1.807, 2.05) is 41.2 Å². The van der Waals surface area contributed by atoms with Crippen LogP contribution in [-0.2, 0) is 11.3 Å². The smallest absolute Gasteiger partial charge is 0.237 e. The Morgan fingerprint density at radius 1 is 1.11 bits per heavy atom. The number of amides is 1. The highest BCUT2D eigenvalue weighted by molar-refractivity contribution is 5.81. The first kappa shape index (κ1) is 18.4. The van der Waals surface area contributed by atoms with Gasteiger partial charge in [0.15, 0.2) is 0 Å². The van der Waals surface area contributed by atoms with Crippen LogP contribution in [0.5, 0.6) is 0 Å². The van der Waals surface area contributed by atoms with Crippen LogP contribution in [-0.4, -0.2) is 28.3 Å². The minimum atomic E-state index is -0.277. The van der Waals surface area contributed by atoms with Crippen molar-refractivity contribution in [3.05, 3.63) is 72.2 Å². The molecule has 2 heterocycles. The van der Waals surface area contributed by atoms with E-state index in [-0.39, 0.29) is 17.8 Å². The molecule has 2 N–H and O–H groups in total. The van der Waals surface area contributed by atoms with Gasteiger partial charge in [-0.15, -0.1) is 0 Å². The molecule has 0 spiro atoms. The van der Waals surface area contributed by atoms with Crippen LogP contribution in [0.1, 0.15) is 24.8 Å². The van der Waals surface area contributed by atoms with E-state index < -0.39 is 0 Å². The number of nitrogens with one attached hydrogen (secondary N) is 2. The normalized spacial score (nSPS) is 17.2. The van der Waals surface area contributed by atoms with E-state index in [0.29, 0.717) is 6.54 Å². The van der Waals surface area contributed by atoms with E-state index in [1.54, 1.807) is 12.1 Å². The molecular formula is C22H23FN4O. The maximum atomic E-state index is 13.4. The minimum absolute atomic E-state index is 0.0521. The minimum Gasteiger partial charge on any atom is -0.355 e. The first-order valence-corrected chi connectivity index (χ1v) is 9.62. The molecule has 2 aromatic carbocycles. The lowest BCUT2D eigenvalue weighted by Gasteiger charge is -2.15. The lowest BCUT2D eigenvalue weighted by atomic mass is 10.1. The highest BCUT2D eigenvalue weighted by Gasteiger charge is 2.21. The monoisotopic (exact) mass is 378 g/mol. The van der Waals surface area contributed by atoms with Crippen molar-refractivity contribution >= 4 is 5.91 Å². The molecule has 3 aromatic rings. The largest absolute Gasteiger partial charge is 0.355 e. The van der Waals surface area contributed by atoms with Gasteiger partial charge < -0.3 is 10.6 Å². The van der Waals surface area contributed by atoms with Crippen LogP contribution in [0.25, 0.3) is 16.9 Å². The van der Waals surface area contributed by atoms with Gasteiger partial charge in [-0.05, 0) is 55.7 Å². The molecule has 1 aliphatic heterocycles. The molecule has 1 fully saturated rings. The molecule has 5 nitrogen and oxygen atoms in total. The standard InChI is InChI=1S/C22H23FN4O/c23-18-11-9-16(10-12-18)21-17(14-25-20-8-4-5-13-24-22(20)28)15-27(26-21)19-6-2-1-3-7-19/h1-3,6-7,9-12,15,20,25H,4-5,8,13-14H2,(H,24,28). The van der Waals surface area contributed by atoms with Crippen LogP contribution in [0, 0.1) is 5.82 Å². The fraction of sp³-hybridized carbons (Fsp3) is 0.273. The number of carbonyl (C=O) groups excluding carboxylic acids is 1. The number of para-hydroxylation sites is 1. The maximum Gasteiger partial charge on any atom is 0.237 e. The average molecular weight is 378 g/mol. The Morgan fingerprint density at radius 3 is 2.68 bits per heavy atom. The summed E-state index contributed by atoms with van der Waals surface area (Å²) >= 11 is 0. The summed E-state index contributed by atoms with van der Waals surface area (Å²) in [5.74, 6) is -0.225. The Bertz CT molecular complexity index is 937. The lowest BCUT2D eigenvalue weighted by molar-refractivity contribution is -0.122.